The van der Waals surface area contributed by atoms with Gasteiger partial charge in [-0.2, -0.15) is 0 Å². The van der Waals surface area contributed by atoms with Crippen LogP contribution in [0.1, 0.15) is 30.7 Å². The van der Waals surface area contributed by atoms with Crippen LogP contribution in [0, 0.1) is 0 Å². The number of aliphatic carboxylic acids is 1. The van der Waals surface area contributed by atoms with Crippen LogP contribution >= 0.6 is 11.6 Å². The van der Waals surface area contributed by atoms with Gasteiger partial charge < -0.3 is 9.84 Å². The van der Waals surface area contributed by atoms with Crippen LogP contribution in [0.25, 0.3) is 0 Å². The van der Waals surface area contributed by atoms with Crippen LogP contribution in [-0.4, -0.2) is 23.0 Å². The van der Waals surface area contributed by atoms with Gasteiger partial charge in [-0.1, -0.05) is 36.4 Å². The van der Waals surface area contributed by atoms with Crippen molar-refractivity contribution >= 4 is 29.5 Å². The monoisotopic (exact) mass is 310 g/mol. The minimum absolute atomic E-state index is 0.0885. The van der Waals surface area contributed by atoms with E-state index in [9.17, 15) is 14.4 Å². The fourth-order valence-electron chi connectivity index (χ4n) is 1.47. The first kappa shape index (κ1) is 16.9. The smallest absolute Gasteiger partial charge is 0.336 e. The molecule has 1 atom stereocenters. The van der Waals surface area contributed by atoms with Gasteiger partial charge in [0.1, 0.15) is 0 Å². The second-order valence-electron chi connectivity index (χ2n) is 4.30. The van der Waals surface area contributed by atoms with Gasteiger partial charge in [-0.25, -0.2) is 9.59 Å². The highest BCUT2D eigenvalue weighted by Crippen LogP contribution is 2.21. The first-order valence-electron chi connectivity index (χ1n) is 6.25. The number of carboxylic acid groups (broad SMARTS) is 1. The molecule has 1 aromatic carbocycles. The van der Waals surface area contributed by atoms with Gasteiger partial charge in [0.2, 0.25) is 0 Å². The van der Waals surface area contributed by atoms with Crippen molar-refractivity contribution in [2.75, 3.05) is 0 Å². The van der Waals surface area contributed by atoms with Crippen LogP contribution in [0.5, 0.6) is 0 Å². The van der Waals surface area contributed by atoms with Crippen LogP contribution < -0.4 is 0 Å². The van der Waals surface area contributed by atoms with Crippen LogP contribution in [0.15, 0.2) is 42.0 Å². The van der Waals surface area contributed by atoms with E-state index in [1.165, 1.54) is 13.0 Å². The average Bonchev–Trinajstić information content (AvgIpc) is 2.46. The Morgan fingerprint density at radius 3 is 2.48 bits per heavy atom. The van der Waals surface area contributed by atoms with Crippen LogP contribution in [0.4, 0.5) is 0 Å². The van der Waals surface area contributed by atoms with Crippen LogP contribution in [-0.2, 0) is 19.1 Å². The predicted octanol–water partition coefficient (Wildman–Crippen LogP) is 2.85. The van der Waals surface area contributed by atoms with Crippen molar-refractivity contribution in [1.29, 1.82) is 0 Å². The summed E-state index contributed by atoms with van der Waals surface area (Å²) < 4.78 is 4.62. The normalized spacial score (nSPS) is 12.6. The summed E-state index contributed by atoms with van der Waals surface area (Å²) in [6.45, 7) is 1.42. The zero-order valence-corrected chi connectivity index (χ0v) is 12.2. The summed E-state index contributed by atoms with van der Waals surface area (Å²) in [7, 11) is 0. The van der Waals surface area contributed by atoms with E-state index in [2.05, 4.69) is 4.74 Å². The molecule has 0 fully saturated rings. The summed E-state index contributed by atoms with van der Waals surface area (Å²) >= 11 is 5.91. The highest BCUT2D eigenvalue weighted by molar-refractivity contribution is 6.30. The number of benzene rings is 1. The van der Waals surface area contributed by atoms with Gasteiger partial charge in [0.25, 0.3) is 0 Å². The Morgan fingerprint density at radius 1 is 1.29 bits per heavy atom. The Bertz CT molecular complexity index is 550. The second kappa shape index (κ2) is 8.21. The molecule has 0 amide bonds. The van der Waals surface area contributed by atoms with Crippen molar-refractivity contribution in [3.8, 4) is 0 Å². The van der Waals surface area contributed by atoms with Gasteiger partial charge in [0.05, 0.1) is 0 Å². The van der Waals surface area contributed by atoms with Gasteiger partial charge in [-0.3, -0.25) is 4.79 Å². The highest BCUT2D eigenvalue weighted by atomic mass is 35.5. The third-order valence-corrected chi connectivity index (χ3v) is 3.08. The molecule has 21 heavy (non-hydrogen) atoms. The Hall–Kier alpha value is -2.14. The van der Waals surface area contributed by atoms with Gasteiger partial charge in [-0.15, -0.1) is 11.6 Å². The van der Waals surface area contributed by atoms with Gasteiger partial charge in [-0.05, 0) is 18.9 Å². The van der Waals surface area contributed by atoms with Crippen molar-refractivity contribution < 1.29 is 24.2 Å². The lowest BCUT2D eigenvalue weighted by Gasteiger charge is -2.08. The maximum Gasteiger partial charge on any atom is 0.336 e. The number of allylic oxidation sites excluding steroid dienone is 1. The van der Waals surface area contributed by atoms with E-state index in [4.69, 9.17) is 16.7 Å². The number of alkyl halides is 1. The topological polar surface area (TPSA) is 80.7 Å². The fraction of sp³-hybridized carbons (Fsp3) is 0.267. The largest absolute Gasteiger partial charge is 0.478 e. The third kappa shape index (κ3) is 5.79. The van der Waals surface area contributed by atoms with E-state index in [-0.39, 0.29) is 18.4 Å². The standard InChI is InChI=1S/C15H15ClO5/c1-10(14(18)19)6-5-9-12(17)21-15(20)13(16)11-7-3-2-4-8-11/h2-4,6-8,13H,5,9H2,1H3,(H,18,19). The van der Waals surface area contributed by atoms with Crippen molar-refractivity contribution in [2.24, 2.45) is 0 Å². The second-order valence-corrected chi connectivity index (χ2v) is 4.73. The maximum absolute atomic E-state index is 11.7. The molecule has 112 valence electrons. The molecule has 0 bridgehead atoms. The lowest BCUT2D eigenvalue weighted by Crippen LogP contribution is -2.16. The number of halogens is 1. The summed E-state index contributed by atoms with van der Waals surface area (Å²) in [5, 5.41) is 7.59. The summed E-state index contributed by atoms with van der Waals surface area (Å²) in [6.07, 6.45) is 1.49. The van der Waals surface area contributed by atoms with Crippen LogP contribution in [0.2, 0.25) is 0 Å². The van der Waals surface area contributed by atoms with E-state index in [0.29, 0.717) is 5.56 Å². The number of hydrogen-bond acceptors (Lipinski definition) is 4. The molecule has 0 aromatic heterocycles. The first-order chi connectivity index (χ1) is 9.91. The van der Waals surface area contributed by atoms with E-state index < -0.39 is 23.3 Å². The summed E-state index contributed by atoms with van der Waals surface area (Å²) in [5.41, 5.74) is 0.673. The van der Waals surface area contributed by atoms with E-state index >= 15 is 0 Å². The van der Waals surface area contributed by atoms with Crippen LogP contribution in [0.3, 0.4) is 0 Å². The lowest BCUT2D eigenvalue weighted by molar-refractivity contribution is -0.159. The predicted molar refractivity (Wildman–Crippen MR) is 76.8 cm³/mol. The molecular weight excluding hydrogens is 296 g/mol. The molecule has 0 aliphatic carbocycles. The quantitative estimate of drug-likeness (QED) is 0.378. The number of hydrogen-bond donors (Lipinski definition) is 1. The SMILES string of the molecule is CC(=CCCC(=O)OC(=O)C(Cl)c1ccccc1)C(=O)O. The molecule has 1 aromatic rings. The molecule has 1 N–H and O–H groups in total. The van der Waals surface area contributed by atoms with Crippen molar-refractivity contribution in [3.63, 3.8) is 0 Å². The van der Waals surface area contributed by atoms with Crippen molar-refractivity contribution in [3.05, 3.63) is 47.5 Å². The minimum Gasteiger partial charge on any atom is -0.478 e. The zero-order chi connectivity index (χ0) is 15.8. The average molecular weight is 311 g/mol. The molecule has 0 radical (unpaired) electrons. The number of carbonyl (C=O) groups excluding carboxylic acids is 2. The molecule has 6 heteroatoms. The first-order valence-corrected chi connectivity index (χ1v) is 6.69. The van der Waals surface area contributed by atoms with Crippen molar-refractivity contribution in [1.82, 2.24) is 0 Å². The minimum atomic E-state index is -1.05. The fourth-order valence-corrected chi connectivity index (χ4v) is 1.66. The summed E-state index contributed by atoms with van der Waals surface area (Å²) in [4.78, 5) is 33.7. The molecule has 0 heterocycles. The molecule has 0 saturated carbocycles. The Morgan fingerprint density at radius 2 is 1.90 bits per heavy atom. The molecule has 0 aliphatic heterocycles. The Balaban J connectivity index is 2.46. The Kier molecular flexibility index (Phi) is 6.62. The molecule has 1 rings (SSSR count). The summed E-state index contributed by atoms with van der Waals surface area (Å²) in [6, 6.07) is 8.53. The molecule has 0 aliphatic rings. The molecule has 0 saturated heterocycles. The van der Waals surface area contributed by atoms with Gasteiger partial charge >= 0.3 is 17.9 Å². The molecule has 1 unspecified atom stereocenters. The zero-order valence-electron chi connectivity index (χ0n) is 11.4. The highest BCUT2D eigenvalue weighted by Gasteiger charge is 2.21. The Labute approximate surface area is 127 Å². The maximum atomic E-state index is 11.7. The number of esters is 2. The number of rotatable bonds is 6. The number of carboxylic acids is 1. The van der Waals surface area contributed by atoms with E-state index in [0.717, 1.165) is 0 Å². The van der Waals surface area contributed by atoms with Crippen molar-refractivity contribution in [2.45, 2.75) is 25.1 Å². The van der Waals surface area contributed by atoms with Gasteiger partial charge in [0.15, 0.2) is 5.38 Å². The van der Waals surface area contributed by atoms with E-state index in [1.807, 2.05) is 0 Å². The molecule has 5 nitrogen and oxygen atoms in total. The summed E-state index contributed by atoms with van der Waals surface area (Å²) in [5.74, 6) is -2.63. The van der Waals surface area contributed by atoms with Gasteiger partial charge in [0, 0.05) is 12.0 Å². The lowest BCUT2D eigenvalue weighted by atomic mass is 10.1. The molecule has 0 spiro atoms. The number of carbonyl (C=O) groups is 3. The molecular formula is C15H15ClO5. The number of ether oxygens (including phenoxy) is 1. The third-order valence-electron chi connectivity index (χ3n) is 2.65. The van der Waals surface area contributed by atoms with E-state index in [1.54, 1.807) is 30.3 Å².